The minimum atomic E-state index is -0.693. The van der Waals surface area contributed by atoms with Gasteiger partial charge in [0.15, 0.2) is 0 Å². The van der Waals surface area contributed by atoms with Gasteiger partial charge in [-0.05, 0) is 44.0 Å². The predicted molar refractivity (Wildman–Crippen MR) is 69.8 cm³/mol. The van der Waals surface area contributed by atoms with Gasteiger partial charge in [0.25, 0.3) is 0 Å². The third-order valence-corrected chi connectivity index (χ3v) is 3.39. The molecule has 0 bridgehead atoms. The highest BCUT2D eigenvalue weighted by Gasteiger charge is 2.18. The third kappa shape index (κ3) is 4.28. The van der Waals surface area contributed by atoms with Crippen LogP contribution in [-0.2, 0) is 4.79 Å². The van der Waals surface area contributed by atoms with Crippen LogP contribution in [0.15, 0.2) is 18.2 Å². The first kappa shape index (κ1) is 13.9. The van der Waals surface area contributed by atoms with Crippen LogP contribution in [0.3, 0.4) is 0 Å². The van der Waals surface area contributed by atoms with Crippen LogP contribution in [-0.4, -0.2) is 30.4 Å². The molecule has 3 nitrogen and oxygen atoms in total. The second kappa shape index (κ2) is 6.10. The lowest BCUT2D eigenvalue weighted by atomic mass is 9.99. The molecule has 1 aliphatic heterocycles. The Bertz CT molecular complexity index is 437. The largest absolute Gasteiger partial charge is 0.325 e. The van der Waals surface area contributed by atoms with Gasteiger partial charge < -0.3 is 5.32 Å². The Morgan fingerprint density at radius 3 is 2.42 bits per heavy atom. The van der Waals surface area contributed by atoms with Gasteiger partial charge in [-0.2, -0.15) is 0 Å². The molecule has 0 aromatic heterocycles. The van der Waals surface area contributed by atoms with Crippen LogP contribution in [0.25, 0.3) is 0 Å². The highest BCUT2D eigenvalue weighted by molar-refractivity contribution is 5.92. The first-order valence-electron chi connectivity index (χ1n) is 6.51. The molecule has 1 amide bonds. The zero-order valence-corrected chi connectivity index (χ0v) is 11.0. The van der Waals surface area contributed by atoms with Gasteiger partial charge in [-0.3, -0.25) is 9.69 Å². The van der Waals surface area contributed by atoms with E-state index in [1.807, 2.05) is 0 Å². The van der Waals surface area contributed by atoms with Crippen LogP contribution in [0, 0.1) is 17.6 Å². The number of nitrogens with one attached hydrogen (secondary N) is 1. The van der Waals surface area contributed by atoms with Crippen molar-refractivity contribution in [2.75, 3.05) is 25.0 Å². The van der Waals surface area contributed by atoms with Crippen molar-refractivity contribution in [3.63, 3.8) is 0 Å². The maximum atomic E-state index is 13.0. The van der Waals surface area contributed by atoms with E-state index in [4.69, 9.17) is 0 Å². The number of piperidine rings is 1. The molecule has 1 aromatic rings. The van der Waals surface area contributed by atoms with Gasteiger partial charge in [-0.15, -0.1) is 0 Å². The minimum absolute atomic E-state index is 0.160. The van der Waals surface area contributed by atoms with Gasteiger partial charge in [-0.25, -0.2) is 8.78 Å². The molecular weight excluding hydrogens is 250 g/mol. The molecule has 1 fully saturated rings. The summed E-state index contributed by atoms with van der Waals surface area (Å²) in [6.07, 6.45) is 2.17. The van der Waals surface area contributed by atoms with E-state index < -0.39 is 11.6 Å². The Balaban J connectivity index is 1.87. The highest BCUT2D eigenvalue weighted by atomic mass is 19.1. The summed E-state index contributed by atoms with van der Waals surface area (Å²) < 4.78 is 26.0. The van der Waals surface area contributed by atoms with Crippen molar-refractivity contribution in [2.24, 2.45) is 5.92 Å². The van der Waals surface area contributed by atoms with Gasteiger partial charge in [0.2, 0.25) is 5.91 Å². The number of nitrogens with zero attached hydrogens (tertiary/aromatic N) is 1. The average Bonchev–Trinajstić information content (AvgIpc) is 2.30. The van der Waals surface area contributed by atoms with E-state index in [2.05, 4.69) is 17.1 Å². The van der Waals surface area contributed by atoms with Gasteiger partial charge in [0, 0.05) is 11.8 Å². The fourth-order valence-corrected chi connectivity index (χ4v) is 2.25. The normalized spacial score (nSPS) is 17.4. The molecule has 0 spiro atoms. The van der Waals surface area contributed by atoms with Crippen molar-refractivity contribution in [2.45, 2.75) is 19.8 Å². The Labute approximate surface area is 111 Å². The van der Waals surface area contributed by atoms with Crippen LogP contribution in [0.2, 0.25) is 0 Å². The maximum absolute atomic E-state index is 13.0. The molecule has 0 unspecified atom stereocenters. The lowest BCUT2D eigenvalue weighted by Gasteiger charge is -2.29. The monoisotopic (exact) mass is 268 g/mol. The smallest absolute Gasteiger partial charge is 0.238 e. The molecular formula is C14H18F2N2O. The SMILES string of the molecule is CC1CCN(CC(=O)Nc2cc(F)cc(F)c2)CC1. The van der Waals surface area contributed by atoms with Crippen LogP contribution in [0.4, 0.5) is 14.5 Å². The molecule has 1 heterocycles. The average molecular weight is 268 g/mol. The Hall–Kier alpha value is -1.49. The quantitative estimate of drug-likeness (QED) is 0.914. The number of hydrogen-bond donors (Lipinski definition) is 1. The number of anilines is 1. The van der Waals surface area contributed by atoms with Crippen LogP contribution >= 0.6 is 0 Å². The fourth-order valence-electron chi connectivity index (χ4n) is 2.25. The zero-order chi connectivity index (χ0) is 13.8. The third-order valence-electron chi connectivity index (χ3n) is 3.39. The van der Waals surface area contributed by atoms with Crippen molar-refractivity contribution in [3.8, 4) is 0 Å². The molecule has 0 atom stereocenters. The number of carbonyl (C=O) groups excluding carboxylic acids is 1. The van der Waals surface area contributed by atoms with E-state index in [1.165, 1.54) is 0 Å². The Morgan fingerprint density at radius 2 is 1.84 bits per heavy atom. The number of amides is 1. The molecule has 0 aliphatic carbocycles. The van der Waals surface area contributed by atoms with Gasteiger partial charge in [-0.1, -0.05) is 6.92 Å². The van der Waals surface area contributed by atoms with E-state index in [0.29, 0.717) is 5.92 Å². The van der Waals surface area contributed by atoms with Crippen LogP contribution < -0.4 is 5.32 Å². The lowest BCUT2D eigenvalue weighted by molar-refractivity contribution is -0.117. The first-order valence-corrected chi connectivity index (χ1v) is 6.51. The summed E-state index contributed by atoms with van der Waals surface area (Å²) in [5, 5.41) is 2.52. The number of likely N-dealkylation sites (tertiary alicyclic amines) is 1. The molecule has 104 valence electrons. The molecule has 0 radical (unpaired) electrons. The molecule has 1 N–H and O–H groups in total. The van der Waals surface area contributed by atoms with Crippen LogP contribution in [0.5, 0.6) is 0 Å². The Morgan fingerprint density at radius 1 is 1.26 bits per heavy atom. The second-order valence-corrected chi connectivity index (χ2v) is 5.16. The van der Waals surface area contributed by atoms with E-state index >= 15 is 0 Å². The summed E-state index contributed by atoms with van der Waals surface area (Å²) in [5.74, 6) is -0.916. The topological polar surface area (TPSA) is 32.3 Å². The number of halogens is 2. The molecule has 1 aliphatic rings. The molecule has 19 heavy (non-hydrogen) atoms. The number of carbonyl (C=O) groups is 1. The standard InChI is InChI=1S/C14H18F2N2O/c1-10-2-4-18(5-3-10)9-14(19)17-13-7-11(15)6-12(16)8-13/h6-8,10H,2-5,9H2,1H3,(H,17,19). The fraction of sp³-hybridized carbons (Fsp3) is 0.500. The summed E-state index contributed by atoms with van der Waals surface area (Å²) in [6.45, 7) is 4.26. The predicted octanol–water partition coefficient (Wildman–Crippen LogP) is 2.64. The van der Waals surface area contributed by atoms with Crippen molar-refractivity contribution >= 4 is 11.6 Å². The van der Waals surface area contributed by atoms with Crippen molar-refractivity contribution in [3.05, 3.63) is 29.8 Å². The van der Waals surface area contributed by atoms with Crippen LogP contribution in [0.1, 0.15) is 19.8 Å². The highest BCUT2D eigenvalue weighted by Crippen LogP contribution is 2.16. The summed E-state index contributed by atoms with van der Waals surface area (Å²) in [6, 6.07) is 3.00. The number of hydrogen-bond acceptors (Lipinski definition) is 2. The maximum Gasteiger partial charge on any atom is 0.238 e. The van der Waals surface area contributed by atoms with Crippen molar-refractivity contribution < 1.29 is 13.6 Å². The molecule has 2 rings (SSSR count). The summed E-state index contributed by atoms with van der Waals surface area (Å²) in [7, 11) is 0. The summed E-state index contributed by atoms with van der Waals surface area (Å²) in [4.78, 5) is 13.8. The molecule has 1 aromatic carbocycles. The van der Waals surface area contributed by atoms with E-state index in [9.17, 15) is 13.6 Å². The zero-order valence-electron chi connectivity index (χ0n) is 11.0. The van der Waals surface area contributed by atoms with Gasteiger partial charge in [0.05, 0.1) is 6.54 Å². The van der Waals surface area contributed by atoms with E-state index in [1.54, 1.807) is 0 Å². The summed E-state index contributed by atoms with van der Waals surface area (Å²) in [5.41, 5.74) is 0.160. The van der Waals surface area contributed by atoms with Gasteiger partial charge >= 0.3 is 0 Å². The minimum Gasteiger partial charge on any atom is -0.325 e. The molecule has 5 heteroatoms. The first-order chi connectivity index (χ1) is 9.02. The molecule has 1 saturated heterocycles. The molecule has 0 saturated carbocycles. The lowest BCUT2D eigenvalue weighted by Crippen LogP contribution is -2.38. The van der Waals surface area contributed by atoms with Gasteiger partial charge in [0.1, 0.15) is 11.6 Å². The Kier molecular flexibility index (Phi) is 4.47. The number of rotatable bonds is 3. The summed E-state index contributed by atoms with van der Waals surface area (Å²) >= 11 is 0. The number of benzene rings is 1. The van der Waals surface area contributed by atoms with E-state index in [0.717, 1.165) is 44.1 Å². The second-order valence-electron chi connectivity index (χ2n) is 5.16. The van der Waals surface area contributed by atoms with Crippen molar-refractivity contribution in [1.29, 1.82) is 0 Å². The van der Waals surface area contributed by atoms with E-state index in [-0.39, 0.29) is 18.1 Å². The van der Waals surface area contributed by atoms with Crippen molar-refractivity contribution in [1.82, 2.24) is 4.90 Å².